The summed E-state index contributed by atoms with van der Waals surface area (Å²) in [6.07, 6.45) is 0. The lowest BCUT2D eigenvalue weighted by Crippen LogP contribution is -2.23. The van der Waals surface area contributed by atoms with E-state index < -0.39 is 10.0 Å². The van der Waals surface area contributed by atoms with Gasteiger partial charge >= 0.3 is 0 Å². The van der Waals surface area contributed by atoms with E-state index in [1.165, 1.54) is 42.5 Å². The number of hydrogen-bond donors (Lipinski definition) is 1. The Morgan fingerprint density at radius 3 is 2.35 bits per heavy atom. The third-order valence-corrected chi connectivity index (χ3v) is 5.40. The Hall–Kier alpha value is -1.50. The Labute approximate surface area is 122 Å². The highest BCUT2D eigenvalue weighted by molar-refractivity contribution is 7.89. The molecule has 0 aliphatic heterocycles. The minimum absolute atomic E-state index is 0.0869. The van der Waals surface area contributed by atoms with Gasteiger partial charge in [-0.15, -0.1) is 11.3 Å². The number of nitrogens with one attached hydrogen (secondary N) is 1. The molecule has 0 saturated carbocycles. The molecule has 1 N–H and O–H groups in total. The zero-order valence-electron chi connectivity index (χ0n) is 11.2. The van der Waals surface area contributed by atoms with Gasteiger partial charge in [-0.25, -0.2) is 13.1 Å². The van der Waals surface area contributed by atoms with Crippen LogP contribution in [0.4, 0.5) is 0 Å². The molecule has 20 heavy (non-hydrogen) atoms. The summed E-state index contributed by atoms with van der Waals surface area (Å²) < 4.78 is 26.8. The molecule has 4 nitrogen and oxygen atoms in total. The SMILES string of the molecule is CC(=O)c1ccc(S(=O)(=O)NCc2sccc2C)cc1. The van der Waals surface area contributed by atoms with Gasteiger partial charge in [-0.3, -0.25) is 4.79 Å². The summed E-state index contributed by atoms with van der Waals surface area (Å²) in [6.45, 7) is 3.67. The van der Waals surface area contributed by atoms with Crippen LogP contribution in [0.2, 0.25) is 0 Å². The van der Waals surface area contributed by atoms with Crippen LogP contribution >= 0.6 is 11.3 Å². The largest absolute Gasteiger partial charge is 0.295 e. The fourth-order valence-electron chi connectivity index (χ4n) is 1.70. The first-order valence-corrected chi connectivity index (χ1v) is 8.40. The van der Waals surface area contributed by atoms with Gasteiger partial charge in [0.2, 0.25) is 10.0 Å². The number of ketones is 1. The zero-order valence-corrected chi connectivity index (χ0v) is 12.8. The number of benzene rings is 1. The molecular weight excluding hydrogens is 294 g/mol. The summed E-state index contributed by atoms with van der Waals surface area (Å²) in [6, 6.07) is 7.89. The molecule has 0 amide bonds. The Kier molecular flexibility index (Phi) is 4.37. The highest BCUT2D eigenvalue weighted by atomic mass is 32.2. The molecule has 0 saturated heterocycles. The van der Waals surface area contributed by atoms with Crippen LogP contribution in [-0.2, 0) is 16.6 Å². The number of Topliss-reactive ketones (excluding diaryl/α,β-unsaturated/α-hetero) is 1. The molecular formula is C14H15NO3S2. The number of carbonyl (C=O) groups excluding carboxylic acids is 1. The van der Waals surface area contributed by atoms with E-state index >= 15 is 0 Å². The van der Waals surface area contributed by atoms with Gasteiger partial charge < -0.3 is 0 Å². The minimum atomic E-state index is -3.55. The van der Waals surface area contributed by atoms with Crippen LogP contribution in [0.1, 0.15) is 27.7 Å². The number of aryl methyl sites for hydroxylation is 1. The average molecular weight is 309 g/mol. The van der Waals surface area contributed by atoms with Crippen molar-refractivity contribution < 1.29 is 13.2 Å². The van der Waals surface area contributed by atoms with E-state index in [4.69, 9.17) is 0 Å². The van der Waals surface area contributed by atoms with Crippen LogP contribution in [0.5, 0.6) is 0 Å². The van der Waals surface area contributed by atoms with E-state index in [1.807, 2.05) is 18.4 Å². The van der Waals surface area contributed by atoms with E-state index in [0.717, 1.165) is 10.4 Å². The molecule has 1 aromatic heterocycles. The zero-order chi connectivity index (χ0) is 14.8. The van der Waals surface area contributed by atoms with Crippen LogP contribution < -0.4 is 4.72 Å². The maximum atomic E-state index is 12.1. The number of hydrogen-bond acceptors (Lipinski definition) is 4. The van der Waals surface area contributed by atoms with E-state index in [2.05, 4.69) is 4.72 Å². The van der Waals surface area contributed by atoms with Crippen molar-refractivity contribution in [3.05, 3.63) is 51.7 Å². The predicted octanol–water partition coefficient (Wildman–Crippen LogP) is 2.74. The second-order valence-corrected chi connectivity index (χ2v) is 7.20. The van der Waals surface area contributed by atoms with Gasteiger partial charge in [0.1, 0.15) is 0 Å². The molecule has 0 spiro atoms. The van der Waals surface area contributed by atoms with Crippen molar-refractivity contribution in [2.75, 3.05) is 0 Å². The molecule has 1 heterocycles. The van der Waals surface area contributed by atoms with E-state index in [0.29, 0.717) is 5.56 Å². The molecule has 6 heteroatoms. The van der Waals surface area contributed by atoms with Crippen LogP contribution in [0.15, 0.2) is 40.6 Å². The van der Waals surface area contributed by atoms with Gasteiger partial charge in [-0.1, -0.05) is 12.1 Å². The molecule has 2 rings (SSSR count). The summed E-state index contributed by atoms with van der Waals surface area (Å²) in [5.41, 5.74) is 1.57. The topological polar surface area (TPSA) is 63.2 Å². The molecule has 2 aromatic rings. The van der Waals surface area contributed by atoms with Crippen molar-refractivity contribution in [1.29, 1.82) is 0 Å². The van der Waals surface area contributed by atoms with Crippen molar-refractivity contribution in [3.63, 3.8) is 0 Å². The number of thiophene rings is 1. The first-order chi connectivity index (χ1) is 9.40. The van der Waals surface area contributed by atoms with Crippen LogP contribution in [0.25, 0.3) is 0 Å². The third kappa shape index (κ3) is 3.33. The van der Waals surface area contributed by atoms with Crippen molar-refractivity contribution in [3.8, 4) is 0 Å². The number of rotatable bonds is 5. The molecule has 0 aliphatic carbocycles. The third-order valence-electron chi connectivity index (χ3n) is 2.96. The van der Waals surface area contributed by atoms with E-state index in [1.54, 1.807) is 0 Å². The highest BCUT2D eigenvalue weighted by Crippen LogP contribution is 2.17. The fourth-order valence-corrected chi connectivity index (χ4v) is 3.63. The van der Waals surface area contributed by atoms with Gasteiger partial charge in [0.05, 0.1) is 4.90 Å². The summed E-state index contributed by atoms with van der Waals surface area (Å²) in [5.74, 6) is -0.0869. The molecule has 0 radical (unpaired) electrons. The smallest absolute Gasteiger partial charge is 0.240 e. The fraction of sp³-hybridized carbons (Fsp3) is 0.214. The van der Waals surface area contributed by atoms with Crippen LogP contribution in [-0.4, -0.2) is 14.2 Å². The molecule has 106 valence electrons. The lowest BCUT2D eigenvalue weighted by atomic mass is 10.2. The van der Waals surface area contributed by atoms with Crippen LogP contribution in [0.3, 0.4) is 0 Å². The standard InChI is InChI=1S/C14H15NO3S2/c1-10-7-8-19-14(10)9-15-20(17,18)13-5-3-12(4-6-13)11(2)16/h3-8,15H,9H2,1-2H3. The molecule has 0 atom stereocenters. The normalized spacial score (nSPS) is 11.5. The predicted molar refractivity (Wildman–Crippen MR) is 79.5 cm³/mol. The Morgan fingerprint density at radius 1 is 1.20 bits per heavy atom. The second kappa shape index (κ2) is 5.87. The summed E-state index contributed by atoms with van der Waals surface area (Å²) >= 11 is 1.52. The minimum Gasteiger partial charge on any atom is -0.295 e. The summed E-state index contributed by atoms with van der Waals surface area (Å²) in [7, 11) is -3.55. The van der Waals surface area contributed by atoms with Crippen molar-refractivity contribution in [1.82, 2.24) is 4.72 Å². The van der Waals surface area contributed by atoms with E-state index in [-0.39, 0.29) is 17.2 Å². The molecule has 0 fully saturated rings. The van der Waals surface area contributed by atoms with Gasteiger partial charge in [0.25, 0.3) is 0 Å². The lowest BCUT2D eigenvalue weighted by Gasteiger charge is -2.07. The van der Waals surface area contributed by atoms with Gasteiger partial charge in [-0.05, 0) is 43.0 Å². The maximum Gasteiger partial charge on any atom is 0.240 e. The first kappa shape index (κ1) is 14.9. The lowest BCUT2D eigenvalue weighted by molar-refractivity contribution is 0.101. The Bertz CT molecular complexity index is 715. The van der Waals surface area contributed by atoms with Crippen molar-refractivity contribution >= 4 is 27.1 Å². The molecule has 0 unspecified atom stereocenters. The van der Waals surface area contributed by atoms with E-state index in [9.17, 15) is 13.2 Å². The van der Waals surface area contributed by atoms with Gasteiger partial charge in [0.15, 0.2) is 5.78 Å². The average Bonchev–Trinajstić information content (AvgIpc) is 2.82. The quantitative estimate of drug-likeness (QED) is 0.864. The molecule has 0 aliphatic rings. The maximum absolute atomic E-state index is 12.1. The van der Waals surface area contributed by atoms with Crippen molar-refractivity contribution in [2.24, 2.45) is 0 Å². The van der Waals surface area contributed by atoms with Crippen LogP contribution in [0, 0.1) is 6.92 Å². The molecule has 1 aromatic carbocycles. The second-order valence-electron chi connectivity index (χ2n) is 4.43. The monoisotopic (exact) mass is 309 g/mol. The first-order valence-electron chi connectivity index (χ1n) is 6.04. The van der Waals surface area contributed by atoms with Gasteiger partial charge in [0, 0.05) is 17.0 Å². The Morgan fingerprint density at radius 2 is 1.85 bits per heavy atom. The molecule has 0 bridgehead atoms. The highest BCUT2D eigenvalue weighted by Gasteiger charge is 2.14. The summed E-state index contributed by atoms with van der Waals surface area (Å²) in [4.78, 5) is 12.3. The number of sulfonamides is 1. The van der Waals surface area contributed by atoms with Gasteiger partial charge in [-0.2, -0.15) is 0 Å². The summed E-state index contributed by atoms with van der Waals surface area (Å²) in [5, 5.41) is 1.93. The van der Waals surface area contributed by atoms with Crippen molar-refractivity contribution in [2.45, 2.75) is 25.3 Å². The Balaban J connectivity index is 2.14. The number of carbonyl (C=O) groups is 1.